The van der Waals surface area contributed by atoms with Gasteiger partial charge >= 0.3 is 5.97 Å². The lowest BCUT2D eigenvalue weighted by Gasteiger charge is -2.24. The van der Waals surface area contributed by atoms with E-state index in [1.165, 1.54) is 4.80 Å². The molecule has 1 aliphatic rings. The lowest BCUT2D eigenvalue weighted by molar-refractivity contribution is -0.148. The van der Waals surface area contributed by atoms with Gasteiger partial charge in [-0.05, 0) is 49.0 Å². The van der Waals surface area contributed by atoms with Crippen LogP contribution in [0.5, 0.6) is 0 Å². The van der Waals surface area contributed by atoms with Gasteiger partial charge in [-0.25, -0.2) is 0 Å². The Hall–Kier alpha value is -2.63. The van der Waals surface area contributed by atoms with Gasteiger partial charge in [-0.1, -0.05) is 32.9 Å². The Morgan fingerprint density at radius 1 is 1.27 bits per heavy atom. The van der Waals surface area contributed by atoms with Crippen LogP contribution in [0.2, 0.25) is 0 Å². The highest BCUT2D eigenvalue weighted by Gasteiger charge is 2.24. The second-order valence-electron chi connectivity index (χ2n) is 6.87. The van der Waals surface area contributed by atoms with Gasteiger partial charge in [0.15, 0.2) is 0 Å². The standard InChI is InChI=1S/C20H25N3O3/c1-4-13(2)20(25)26-10-9-15-12-18(19(24)11-14(15)3)23-21-16-7-5-6-8-17(16)22-23/h5-8,11-15,24H,4,9-10H2,1-3H3. The Labute approximate surface area is 153 Å². The van der Waals surface area contributed by atoms with Crippen molar-refractivity contribution in [3.63, 3.8) is 0 Å². The SMILES string of the molecule is CCC(C)C(=O)OCCC1C=C(n2nc3ccccc3n2)C(O)=CC1C. The highest BCUT2D eigenvalue weighted by Crippen LogP contribution is 2.31. The molecule has 0 aliphatic heterocycles. The van der Waals surface area contributed by atoms with Crippen molar-refractivity contribution in [1.82, 2.24) is 15.0 Å². The number of aromatic nitrogens is 3. The van der Waals surface area contributed by atoms with Gasteiger partial charge in [0.25, 0.3) is 0 Å². The van der Waals surface area contributed by atoms with Crippen molar-refractivity contribution >= 4 is 22.7 Å². The zero-order chi connectivity index (χ0) is 18.7. The minimum absolute atomic E-state index is 0.0745. The van der Waals surface area contributed by atoms with Crippen LogP contribution in [-0.2, 0) is 9.53 Å². The average Bonchev–Trinajstić information content (AvgIpc) is 3.06. The Morgan fingerprint density at radius 3 is 2.54 bits per heavy atom. The molecule has 138 valence electrons. The first-order chi connectivity index (χ1) is 12.5. The summed E-state index contributed by atoms with van der Waals surface area (Å²) in [5.74, 6) is 0.226. The van der Waals surface area contributed by atoms with E-state index in [1.807, 2.05) is 57.2 Å². The maximum absolute atomic E-state index is 11.8. The molecule has 0 radical (unpaired) electrons. The van der Waals surface area contributed by atoms with Crippen LogP contribution in [0.1, 0.15) is 33.6 Å². The van der Waals surface area contributed by atoms with Crippen LogP contribution in [0.15, 0.2) is 42.2 Å². The van der Waals surface area contributed by atoms with Crippen LogP contribution in [-0.4, -0.2) is 32.7 Å². The monoisotopic (exact) mass is 355 g/mol. The van der Waals surface area contributed by atoms with E-state index in [0.717, 1.165) is 17.5 Å². The van der Waals surface area contributed by atoms with Gasteiger partial charge in [0.05, 0.1) is 12.5 Å². The largest absolute Gasteiger partial charge is 0.506 e. The van der Waals surface area contributed by atoms with E-state index in [4.69, 9.17) is 4.74 Å². The van der Waals surface area contributed by atoms with E-state index in [-0.39, 0.29) is 29.5 Å². The van der Waals surface area contributed by atoms with Crippen LogP contribution in [0.3, 0.4) is 0 Å². The number of hydrogen-bond acceptors (Lipinski definition) is 5. The Bertz CT molecular complexity index is 820. The summed E-state index contributed by atoms with van der Waals surface area (Å²) in [5.41, 5.74) is 2.12. The Kier molecular flexibility index (Phi) is 5.40. The molecular formula is C20H25N3O3. The van der Waals surface area contributed by atoms with E-state index in [9.17, 15) is 9.90 Å². The van der Waals surface area contributed by atoms with Crippen LogP contribution in [0.25, 0.3) is 16.7 Å². The minimum atomic E-state index is -0.154. The number of fused-ring (bicyclic) bond motifs is 1. The third kappa shape index (κ3) is 3.79. The molecule has 6 nitrogen and oxygen atoms in total. The number of esters is 1. The highest BCUT2D eigenvalue weighted by atomic mass is 16.5. The summed E-state index contributed by atoms with van der Waals surface area (Å²) >= 11 is 0. The molecule has 1 aromatic carbocycles. The molecule has 0 saturated heterocycles. The molecule has 0 bridgehead atoms. The van der Waals surface area contributed by atoms with Gasteiger partial charge in [-0.2, -0.15) is 0 Å². The Balaban J connectivity index is 1.74. The fourth-order valence-corrected chi connectivity index (χ4v) is 2.99. The second kappa shape index (κ2) is 7.72. The molecule has 3 atom stereocenters. The van der Waals surface area contributed by atoms with Crippen LogP contribution in [0, 0.1) is 17.8 Å². The molecule has 1 aliphatic carbocycles. The van der Waals surface area contributed by atoms with Crippen molar-refractivity contribution < 1.29 is 14.6 Å². The molecule has 1 N–H and O–H groups in total. The fraction of sp³-hybridized carbons (Fsp3) is 0.450. The number of nitrogens with zero attached hydrogens (tertiary/aromatic N) is 3. The zero-order valence-corrected chi connectivity index (χ0v) is 15.4. The topological polar surface area (TPSA) is 77.2 Å². The molecule has 0 saturated carbocycles. The molecule has 0 spiro atoms. The molecule has 0 fully saturated rings. The number of aliphatic hydroxyl groups excluding tert-OH is 1. The minimum Gasteiger partial charge on any atom is -0.506 e. The lowest BCUT2D eigenvalue weighted by atomic mass is 9.86. The van der Waals surface area contributed by atoms with E-state index >= 15 is 0 Å². The number of carbonyl (C=O) groups is 1. The summed E-state index contributed by atoms with van der Waals surface area (Å²) in [6, 6.07) is 7.58. The molecule has 3 rings (SSSR count). The summed E-state index contributed by atoms with van der Waals surface area (Å²) in [4.78, 5) is 13.3. The normalized spacial score (nSPS) is 21.2. The second-order valence-corrected chi connectivity index (χ2v) is 6.87. The summed E-state index contributed by atoms with van der Waals surface area (Å²) in [5, 5.41) is 19.2. The van der Waals surface area contributed by atoms with Gasteiger partial charge in [0, 0.05) is 0 Å². The molecule has 1 heterocycles. The van der Waals surface area contributed by atoms with Crippen LogP contribution < -0.4 is 0 Å². The predicted octanol–water partition coefficient (Wildman–Crippen LogP) is 3.96. The maximum Gasteiger partial charge on any atom is 0.308 e. The van der Waals surface area contributed by atoms with Crippen molar-refractivity contribution in [1.29, 1.82) is 0 Å². The number of allylic oxidation sites excluding steroid dienone is 3. The van der Waals surface area contributed by atoms with Crippen LogP contribution in [0.4, 0.5) is 0 Å². The maximum atomic E-state index is 11.8. The summed E-state index contributed by atoms with van der Waals surface area (Å²) < 4.78 is 5.37. The number of rotatable bonds is 6. The highest BCUT2D eigenvalue weighted by molar-refractivity contribution is 5.75. The van der Waals surface area contributed by atoms with E-state index in [2.05, 4.69) is 10.2 Å². The summed E-state index contributed by atoms with van der Waals surface area (Å²) in [6.07, 6.45) is 5.25. The molecule has 6 heteroatoms. The van der Waals surface area contributed by atoms with Gasteiger partial charge in [-0.15, -0.1) is 15.0 Å². The first-order valence-corrected chi connectivity index (χ1v) is 9.11. The molecule has 1 aromatic heterocycles. The number of carbonyl (C=O) groups excluding carboxylic acids is 1. The number of benzene rings is 1. The first kappa shape index (κ1) is 18.2. The third-order valence-electron chi connectivity index (χ3n) is 4.94. The number of ether oxygens (including phenoxy) is 1. The fourth-order valence-electron chi connectivity index (χ4n) is 2.99. The van der Waals surface area contributed by atoms with Gasteiger partial charge < -0.3 is 9.84 Å². The smallest absolute Gasteiger partial charge is 0.308 e. The number of aliphatic hydroxyl groups is 1. The van der Waals surface area contributed by atoms with Gasteiger partial charge in [0.2, 0.25) is 0 Å². The number of hydrogen-bond donors (Lipinski definition) is 1. The first-order valence-electron chi connectivity index (χ1n) is 9.11. The van der Waals surface area contributed by atoms with Crippen molar-refractivity contribution in [3.05, 3.63) is 42.2 Å². The van der Waals surface area contributed by atoms with Crippen molar-refractivity contribution in [2.24, 2.45) is 17.8 Å². The molecule has 2 aromatic rings. The van der Waals surface area contributed by atoms with Crippen molar-refractivity contribution in [3.8, 4) is 0 Å². The van der Waals surface area contributed by atoms with Gasteiger partial charge in [-0.3, -0.25) is 4.79 Å². The molecule has 26 heavy (non-hydrogen) atoms. The van der Waals surface area contributed by atoms with Crippen molar-refractivity contribution in [2.45, 2.75) is 33.6 Å². The Morgan fingerprint density at radius 2 is 1.92 bits per heavy atom. The quantitative estimate of drug-likeness (QED) is 0.794. The molecule has 0 amide bonds. The van der Waals surface area contributed by atoms with E-state index in [1.54, 1.807) is 0 Å². The molecular weight excluding hydrogens is 330 g/mol. The summed E-state index contributed by atoms with van der Waals surface area (Å²) in [7, 11) is 0. The van der Waals surface area contributed by atoms with Crippen LogP contribution >= 0.6 is 0 Å². The van der Waals surface area contributed by atoms with Crippen molar-refractivity contribution in [2.75, 3.05) is 6.61 Å². The lowest BCUT2D eigenvalue weighted by Crippen LogP contribution is -2.20. The molecule has 3 unspecified atom stereocenters. The zero-order valence-electron chi connectivity index (χ0n) is 15.4. The van der Waals surface area contributed by atoms with E-state index < -0.39 is 0 Å². The third-order valence-corrected chi connectivity index (χ3v) is 4.94. The van der Waals surface area contributed by atoms with Gasteiger partial charge in [0.1, 0.15) is 22.5 Å². The van der Waals surface area contributed by atoms with E-state index in [0.29, 0.717) is 18.7 Å². The predicted molar refractivity (Wildman–Crippen MR) is 100 cm³/mol. The summed E-state index contributed by atoms with van der Waals surface area (Å²) in [6.45, 7) is 6.25. The average molecular weight is 355 g/mol.